The van der Waals surface area contributed by atoms with E-state index in [1.165, 1.54) is 0 Å². The molecule has 0 spiro atoms. The monoisotopic (exact) mass is 245 g/mol. The van der Waals surface area contributed by atoms with Crippen LogP contribution >= 0.6 is 0 Å². The lowest BCUT2D eigenvalue weighted by molar-refractivity contribution is -0.119. The van der Waals surface area contributed by atoms with E-state index in [4.69, 9.17) is 10.5 Å². The molecule has 0 rings (SSSR count). The van der Waals surface area contributed by atoms with Gasteiger partial charge < -0.3 is 21.1 Å². The average Bonchev–Trinajstić information content (AvgIpc) is 2.11. The Morgan fingerprint density at radius 3 is 2.24 bits per heavy atom. The van der Waals surface area contributed by atoms with Crippen LogP contribution in [0.3, 0.4) is 0 Å². The highest BCUT2D eigenvalue weighted by atomic mass is 16.6. The molecule has 4 N–H and O–H groups in total. The predicted octanol–water partition coefficient (Wildman–Crippen LogP) is 0.363. The topological polar surface area (TPSA) is 93.4 Å². The maximum absolute atomic E-state index is 11.3. The molecule has 0 heterocycles. The molecule has 0 saturated heterocycles. The molecule has 0 aromatic heterocycles. The Balaban J connectivity index is 3.88. The smallest absolute Gasteiger partial charge is 0.407 e. The molecule has 2 amide bonds. The number of ether oxygens (including phenoxy) is 1. The van der Waals surface area contributed by atoms with E-state index in [0.717, 1.165) is 0 Å². The highest BCUT2D eigenvalue weighted by Gasteiger charge is 2.17. The summed E-state index contributed by atoms with van der Waals surface area (Å²) >= 11 is 0. The van der Waals surface area contributed by atoms with Crippen molar-refractivity contribution in [1.29, 1.82) is 0 Å². The van der Waals surface area contributed by atoms with Crippen molar-refractivity contribution >= 4 is 12.0 Å². The minimum absolute atomic E-state index is 0.0648. The van der Waals surface area contributed by atoms with E-state index in [-0.39, 0.29) is 6.04 Å². The fraction of sp³-hybridized carbons (Fsp3) is 0.818. The lowest BCUT2D eigenvalue weighted by Crippen LogP contribution is -2.48. The Hall–Kier alpha value is -1.30. The summed E-state index contributed by atoms with van der Waals surface area (Å²) in [6.45, 7) is 9.27. The van der Waals surface area contributed by atoms with Crippen molar-refractivity contribution < 1.29 is 14.3 Å². The third kappa shape index (κ3) is 8.50. The van der Waals surface area contributed by atoms with Crippen molar-refractivity contribution in [2.24, 2.45) is 5.73 Å². The van der Waals surface area contributed by atoms with Gasteiger partial charge in [-0.25, -0.2) is 4.79 Å². The summed E-state index contributed by atoms with van der Waals surface area (Å²) in [7, 11) is 0. The molecule has 0 aliphatic rings. The van der Waals surface area contributed by atoms with Gasteiger partial charge in [-0.05, 0) is 34.6 Å². The van der Waals surface area contributed by atoms with Crippen LogP contribution in [0.2, 0.25) is 0 Å². The van der Waals surface area contributed by atoms with Crippen LogP contribution < -0.4 is 16.4 Å². The summed E-state index contributed by atoms with van der Waals surface area (Å²) in [6, 6.07) is -0.490. The third-order valence-corrected chi connectivity index (χ3v) is 1.91. The molecule has 0 aromatic rings. The van der Waals surface area contributed by atoms with Crippen molar-refractivity contribution in [1.82, 2.24) is 10.6 Å². The Morgan fingerprint density at radius 2 is 1.82 bits per heavy atom. The van der Waals surface area contributed by atoms with E-state index in [2.05, 4.69) is 10.6 Å². The average molecular weight is 245 g/mol. The zero-order chi connectivity index (χ0) is 13.6. The van der Waals surface area contributed by atoms with Crippen molar-refractivity contribution in [2.75, 3.05) is 6.54 Å². The summed E-state index contributed by atoms with van der Waals surface area (Å²) in [4.78, 5) is 22.1. The summed E-state index contributed by atoms with van der Waals surface area (Å²) in [5, 5.41) is 5.56. The quantitative estimate of drug-likeness (QED) is 0.652. The molecule has 2 atom stereocenters. The molecule has 0 radical (unpaired) electrons. The number of amides is 2. The molecule has 6 nitrogen and oxygen atoms in total. The van der Waals surface area contributed by atoms with Gasteiger partial charge in [-0.3, -0.25) is 4.79 Å². The largest absolute Gasteiger partial charge is 0.444 e. The number of alkyl carbamates (subject to hydrolysis) is 1. The van der Waals surface area contributed by atoms with Gasteiger partial charge >= 0.3 is 6.09 Å². The van der Waals surface area contributed by atoms with Gasteiger partial charge in [0.25, 0.3) is 0 Å². The van der Waals surface area contributed by atoms with Gasteiger partial charge in [0.15, 0.2) is 0 Å². The number of nitrogens with two attached hydrogens (primary N) is 1. The first kappa shape index (κ1) is 15.7. The van der Waals surface area contributed by atoms with E-state index in [0.29, 0.717) is 6.54 Å². The third-order valence-electron chi connectivity index (χ3n) is 1.91. The summed E-state index contributed by atoms with van der Waals surface area (Å²) < 4.78 is 5.07. The Bertz CT molecular complexity index is 274. The minimum Gasteiger partial charge on any atom is -0.444 e. The van der Waals surface area contributed by atoms with E-state index in [1.807, 2.05) is 6.92 Å². The van der Waals surface area contributed by atoms with Gasteiger partial charge in [-0.2, -0.15) is 0 Å². The Morgan fingerprint density at radius 1 is 1.29 bits per heavy atom. The molecular weight excluding hydrogens is 222 g/mol. The highest BCUT2D eigenvalue weighted by molar-refractivity contribution is 5.79. The molecule has 100 valence electrons. The van der Waals surface area contributed by atoms with Gasteiger partial charge in [-0.1, -0.05) is 0 Å². The van der Waals surface area contributed by atoms with Crippen LogP contribution in [0.15, 0.2) is 0 Å². The number of hydrogen-bond donors (Lipinski definition) is 3. The number of carbonyl (C=O) groups excluding carboxylic acids is 2. The summed E-state index contributed by atoms with van der Waals surface area (Å²) in [5.74, 6) is -0.422. The normalized spacial score (nSPS) is 14.9. The second-order valence-electron chi connectivity index (χ2n) is 5.07. The molecule has 0 fully saturated rings. The Labute approximate surface area is 102 Å². The van der Waals surface area contributed by atoms with E-state index < -0.39 is 23.6 Å². The first-order valence-corrected chi connectivity index (χ1v) is 5.64. The maximum atomic E-state index is 11.3. The van der Waals surface area contributed by atoms with Crippen molar-refractivity contribution in [3.05, 3.63) is 0 Å². The second-order valence-corrected chi connectivity index (χ2v) is 5.07. The van der Waals surface area contributed by atoms with Crippen LogP contribution in [0.5, 0.6) is 0 Å². The molecule has 17 heavy (non-hydrogen) atoms. The van der Waals surface area contributed by atoms with Crippen LogP contribution in [0.4, 0.5) is 4.79 Å². The van der Waals surface area contributed by atoms with E-state index in [1.54, 1.807) is 27.7 Å². The predicted molar refractivity (Wildman–Crippen MR) is 65.5 cm³/mol. The van der Waals surface area contributed by atoms with Crippen LogP contribution in [-0.4, -0.2) is 36.2 Å². The molecule has 0 aliphatic heterocycles. The SMILES string of the molecule is CC(CNC(=O)OC(C)(C)C)NC(C)C(N)=O. The van der Waals surface area contributed by atoms with E-state index in [9.17, 15) is 9.59 Å². The number of hydrogen-bond acceptors (Lipinski definition) is 4. The maximum Gasteiger partial charge on any atom is 0.407 e. The fourth-order valence-corrected chi connectivity index (χ4v) is 1.12. The minimum atomic E-state index is -0.513. The number of primary amides is 1. The van der Waals surface area contributed by atoms with Crippen LogP contribution in [0, 0.1) is 0 Å². The van der Waals surface area contributed by atoms with E-state index >= 15 is 0 Å². The van der Waals surface area contributed by atoms with Gasteiger partial charge in [0.1, 0.15) is 5.60 Å². The van der Waals surface area contributed by atoms with Crippen molar-refractivity contribution in [3.8, 4) is 0 Å². The van der Waals surface area contributed by atoms with Crippen molar-refractivity contribution in [3.63, 3.8) is 0 Å². The summed E-state index contributed by atoms with van der Waals surface area (Å²) in [6.07, 6.45) is -0.474. The van der Waals surface area contributed by atoms with Gasteiger partial charge in [0, 0.05) is 12.6 Å². The first-order chi connectivity index (χ1) is 7.61. The molecule has 0 aliphatic carbocycles. The number of rotatable bonds is 5. The Kier molecular flexibility index (Phi) is 5.95. The molecule has 0 aromatic carbocycles. The molecular formula is C11H23N3O3. The fourth-order valence-electron chi connectivity index (χ4n) is 1.12. The lowest BCUT2D eigenvalue weighted by atomic mass is 10.2. The zero-order valence-corrected chi connectivity index (χ0v) is 11.2. The van der Waals surface area contributed by atoms with Crippen LogP contribution in [0.25, 0.3) is 0 Å². The number of carbonyl (C=O) groups is 2. The lowest BCUT2D eigenvalue weighted by Gasteiger charge is -2.22. The van der Waals surface area contributed by atoms with Gasteiger partial charge in [-0.15, -0.1) is 0 Å². The van der Waals surface area contributed by atoms with Crippen LogP contribution in [-0.2, 0) is 9.53 Å². The molecule has 6 heteroatoms. The zero-order valence-electron chi connectivity index (χ0n) is 11.2. The van der Waals surface area contributed by atoms with Crippen LogP contribution in [0.1, 0.15) is 34.6 Å². The second kappa shape index (κ2) is 6.44. The van der Waals surface area contributed by atoms with Crippen molar-refractivity contribution in [2.45, 2.75) is 52.3 Å². The van der Waals surface area contributed by atoms with Gasteiger partial charge in [0.2, 0.25) is 5.91 Å². The number of nitrogens with one attached hydrogen (secondary N) is 2. The first-order valence-electron chi connectivity index (χ1n) is 5.64. The standard InChI is InChI=1S/C11H23N3O3/c1-7(14-8(2)9(12)15)6-13-10(16)17-11(3,4)5/h7-8,14H,6H2,1-5H3,(H2,12,15)(H,13,16). The van der Waals surface area contributed by atoms with Gasteiger partial charge in [0.05, 0.1) is 6.04 Å². The summed E-state index contributed by atoms with van der Waals surface area (Å²) in [5.41, 5.74) is 4.60. The molecule has 2 unspecified atom stereocenters. The molecule has 0 bridgehead atoms. The highest BCUT2D eigenvalue weighted by Crippen LogP contribution is 2.06. The molecule has 0 saturated carbocycles.